The minimum absolute atomic E-state index is 0. The van der Waals surface area contributed by atoms with Gasteiger partial charge in [0, 0.05) is 17.4 Å². The van der Waals surface area contributed by atoms with E-state index in [9.17, 15) is 0 Å². The lowest BCUT2D eigenvalue weighted by molar-refractivity contribution is 0.392. The molecule has 0 spiro atoms. The van der Waals surface area contributed by atoms with Crippen molar-refractivity contribution in [3.8, 4) is 0 Å². The summed E-state index contributed by atoms with van der Waals surface area (Å²) in [6.07, 6.45) is 0. The van der Waals surface area contributed by atoms with E-state index in [1.807, 2.05) is 27.7 Å². The van der Waals surface area contributed by atoms with Crippen molar-refractivity contribution in [2.24, 2.45) is 10.7 Å². The van der Waals surface area contributed by atoms with Gasteiger partial charge >= 0.3 is 0 Å². The number of thioether (sulfide) groups is 1. The summed E-state index contributed by atoms with van der Waals surface area (Å²) in [5, 5.41) is 4.50. The Morgan fingerprint density at radius 2 is 2.12 bits per heavy atom. The summed E-state index contributed by atoms with van der Waals surface area (Å²) in [5.41, 5.74) is 7.79. The van der Waals surface area contributed by atoms with E-state index in [4.69, 9.17) is 10.3 Å². The van der Waals surface area contributed by atoms with Crippen LogP contribution in [0.2, 0.25) is 0 Å². The van der Waals surface area contributed by atoms with Crippen molar-refractivity contribution in [1.29, 1.82) is 0 Å². The van der Waals surface area contributed by atoms with Crippen LogP contribution in [0.1, 0.15) is 30.9 Å². The zero-order valence-corrected chi connectivity index (χ0v) is 11.6. The fraction of sp³-hybridized carbons (Fsp3) is 0.600. The number of hydrogen-bond acceptors (Lipinski definition) is 4. The quantitative estimate of drug-likeness (QED) is 0.673. The number of aromatic nitrogens is 1. The molecule has 0 aliphatic rings. The maximum atomic E-state index is 5.75. The summed E-state index contributed by atoms with van der Waals surface area (Å²) < 4.78 is 5.06. The van der Waals surface area contributed by atoms with E-state index in [0.717, 1.165) is 22.8 Å². The van der Waals surface area contributed by atoms with E-state index in [1.165, 1.54) is 11.8 Å². The third kappa shape index (κ3) is 4.45. The summed E-state index contributed by atoms with van der Waals surface area (Å²) in [6.45, 7) is 7.85. The molecule has 0 saturated carbocycles. The molecule has 1 aromatic rings. The van der Waals surface area contributed by atoms with Gasteiger partial charge in [0.25, 0.3) is 0 Å². The fourth-order valence-electron chi connectivity index (χ4n) is 1.15. The second kappa shape index (κ2) is 6.81. The first kappa shape index (κ1) is 15.3. The van der Waals surface area contributed by atoms with Crippen LogP contribution in [0.3, 0.4) is 0 Å². The molecular formula is C10H18ClN3OS. The van der Waals surface area contributed by atoms with Gasteiger partial charge in [-0.05, 0) is 27.7 Å². The Labute approximate surface area is 106 Å². The molecule has 2 N–H and O–H groups in total. The van der Waals surface area contributed by atoms with Gasteiger partial charge < -0.3 is 10.3 Å². The monoisotopic (exact) mass is 263 g/mol. The molecule has 6 heteroatoms. The lowest BCUT2D eigenvalue weighted by Crippen LogP contribution is -2.10. The molecule has 0 aliphatic carbocycles. The lowest BCUT2D eigenvalue weighted by Gasteiger charge is -2.02. The topological polar surface area (TPSA) is 64.4 Å². The first-order valence-corrected chi connectivity index (χ1v) is 5.87. The Morgan fingerprint density at radius 1 is 1.50 bits per heavy atom. The fourth-order valence-corrected chi connectivity index (χ4v) is 2.14. The number of hydrogen-bond donors (Lipinski definition) is 1. The first-order chi connectivity index (χ1) is 7.00. The van der Waals surface area contributed by atoms with Crippen molar-refractivity contribution in [3.05, 3.63) is 17.0 Å². The third-order valence-corrected chi connectivity index (χ3v) is 2.77. The average molecular weight is 264 g/mol. The maximum absolute atomic E-state index is 5.75. The number of amidine groups is 1. The Kier molecular flexibility index (Phi) is 6.52. The van der Waals surface area contributed by atoms with Gasteiger partial charge in [-0.15, -0.1) is 12.4 Å². The average Bonchev–Trinajstić information content (AvgIpc) is 2.42. The van der Waals surface area contributed by atoms with Crippen molar-refractivity contribution in [1.82, 2.24) is 5.16 Å². The normalized spacial score (nSPS) is 11.7. The highest BCUT2D eigenvalue weighted by Crippen LogP contribution is 2.19. The van der Waals surface area contributed by atoms with Gasteiger partial charge in [0.1, 0.15) is 5.76 Å². The van der Waals surface area contributed by atoms with Gasteiger partial charge in [-0.2, -0.15) is 0 Å². The maximum Gasteiger partial charge on any atom is 0.154 e. The zero-order chi connectivity index (χ0) is 11.4. The Balaban J connectivity index is 0.00000225. The van der Waals surface area contributed by atoms with E-state index in [2.05, 4.69) is 10.1 Å². The molecule has 0 unspecified atom stereocenters. The zero-order valence-electron chi connectivity index (χ0n) is 9.98. The minimum Gasteiger partial charge on any atom is -0.379 e. The molecule has 1 heterocycles. The van der Waals surface area contributed by atoms with Gasteiger partial charge in [0.05, 0.1) is 5.69 Å². The van der Waals surface area contributed by atoms with Crippen LogP contribution in [-0.2, 0) is 5.75 Å². The van der Waals surface area contributed by atoms with E-state index in [-0.39, 0.29) is 18.4 Å². The van der Waals surface area contributed by atoms with Crippen LogP contribution >= 0.6 is 24.2 Å². The second-order valence-corrected chi connectivity index (χ2v) is 4.65. The molecule has 92 valence electrons. The largest absolute Gasteiger partial charge is 0.379 e. The van der Waals surface area contributed by atoms with Gasteiger partial charge in [-0.25, -0.2) is 0 Å². The van der Waals surface area contributed by atoms with Crippen molar-refractivity contribution >= 4 is 29.3 Å². The number of nitrogens with zero attached hydrogens (tertiary/aromatic N) is 2. The molecular weight excluding hydrogens is 246 g/mol. The second-order valence-electron chi connectivity index (χ2n) is 3.65. The molecule has 0 saturated heterocycles. The predicted molar refractivity (Wildman–Crippen MR) is 71.3 cm³/mol. The van der Waals surface area contributed by atoms with Gasteiger partial charge in [0.15, 0.2) is 5.17 Å². The van der Waals surface area contributed by atoms with Gasteiger partial charge in [-0.3, -0.25) is 4.99 Å². The van der Waals surface area contributed by atoms with Crippen molar-refractivity contribution in [2.45, 2.75) is 39.5 Å². The summed E-state index contributed by atoms with van der Waals surface area (Å²) >= 11 is 1.52. The van der Waals surface area contributed by atoms with Crippen molar-refractivity contribution < 1.29 is 4.52 Å². The van der Waals surface area contributed by atoms with E-state index in [0.29, 0.717) is 5.17 Å². The van der Waals surface area contributed by atoms with E-state index >= 15 is 0 Å². The van der Waals surface area contributed by atoms with Crippen molar-refractivity contribution in [2.75, 3.05) is 0 Å². The highest BCUT2D eigenvalue weighted by molar-refractivity contribution is 8.13. The van der Waals surface area contributed by atoms with E-state index in [1.54, 1.807) is 0 Å². The number of aliphatic imine (C=N–C) groups is 1. The molecule has 1 rings (SSSR count). The Bertz CT molecular complexity index is 343. The summed E-state index contributed by atoms with van der Waals surface area (Å²) in [5.74, 6) is 1.63. The third-order valence-electron chi connectivity index (χ3n) is 1.93. The number of aryl methyl sites for hydroxylation is 2. The smallest absolute Gasteiger partial charge is 0.154 e. The molecule has 0 amide bonds. The number of rotatable bonds is 3. The molecule has 0 aromatic carbocycles. The highest BCUT2D eigenvalue weighted by Gasteiger charge is 2.09. The van der Waals surface area contributed by atoms with Crippen molar-refractivity contribution in [3.63, 3.8) is 0 Å². The molecule has 0 bridgehead atoms. The van der Waals surface area contributed by atoms with Gasteiger partial charge in [0.2, 0.25) is 0 Å². The molecule has 1 aromatic heterocycles. The van der Waals surface area contributed by atoms with Crippen LogP contribution in [0.25, 0.3) is 0 Å². The predicted octanol–water partition coefficient (Wildman–Crippen LogP) is 2.67. The standard InChI is InChI=1S/C10H17N3OS.ClH/c1-6(2)12-10(11)15-5-9-7(3)13-14-8(9)4;/h6H,5H2,1-4H3,(H2,11,12);1H. The SMILES string of the molecule is Cc1noc(C)c1CSC(N)=NC(C)C.Cl. The van der Waals surface area contributed by atoms with Crippen LogP contribution in [0.15, 0.2) is 9.52 Å². The van der Waals surface area contributed by atoms with Crippen LogP contribution < -0.4 is 5.73 Å². The van der Waals surface area contributed by atoms with E-state index < -0.39 is 0 Å². The lowest BCUT2D eigenvalue weighted by atomic mass is 10.2. The highest BCUT2D eigenvalue weighted by atomic mass is 35.5. The van der Waals surface area contributed by atoms with Crippen LogP contribution in [-0.4, -0.2) is 16.4 Å². The summed E-state index contributed by atoms with van der Waals surface area (Å²) in [7, 11) is 0. The summed E-state index contributed by atoms with van der Waals surface area (Å²) in [4.78, 5) is 4.24. The number of nitrogens with two attached hydrogens (primary N) is 1. The molecule has 0 radical (unpaired) electrons. The van der Waals surface area contributed by atoms with Crippen LogP contribution in [0, 0.1) is 13.8 Å². The molecule has 0 aliphatic heterocycles. The first-order valence-electron chi connectivity index (χ1n) is 4.88. The molecule has 4 nitrogen and oxygen atoms in total. The van der Waals surface area contributed by atoms with Crippen LogP contribution in [0.4, 0.5) is 0 Å². The molecule has 0 atom stereocenters. The minimum atomic E-state index is 0. The molecule has 16 heavy (non-hydrogen) atoms. The Morgan fingerprint density at radius 3 is 2.56 bits per heavy atom. The number of halogens is 1. The Hall–Kier alpha value is -0.680. The van der Waals surface area contributed by atoms with Gasteiger partial charge in [-0.1, -0.05) is 16.9 Å². The summed E-state index contributed by atoms with van der Waals surface area (Å²) in [6, 6.07) is 0.238. The van der Waals surface area contributed by atoms with Crippen LogP contribution in [0.5, 0.6) is 0 Å². The molecule has 0 fully saturated rings.